The van der Waals surface area contributed by atoms with Gasteiger partial charge in [0.05, 0.1) is 30.8 Å². The highest BCUT2D eigenvalue weighted by molar-refractivity contribution is 6.41. The lowest BCUT2D eigenvalue weighted by Crippen LogP contribution is -2.48. The molecule has 39 heavy (non-hydrogen) atoms. The summed E-state index contributed by atoms with van der Waals surface area (Å²) in [7, 11) is 3.07. The molecule has 2 amide bonds. The molecule has 202 valence electrons. The molecule has 2 aliphatic heterocycles. The minimum absolute atomic E-state index is 0.0995. The van der Waals surface area contributed by atoms with Gasteiger partial charge in [-0.05, 0) is 41.5 Å². The lowest BCUT2D eigenvalue weighted by atomic mass is 9.99. The summed E-state index contributed by atoms with van der Waals surface area (Å²) in [6.07, 6.45) is 0. The van der Waals surface area contributed by atoms with Gasteiger partial charge in [0.1, 0.15) is 17.3 Å². The van der Waals surface area contributed by atoms with Crippen LogP contribution in [-0.4, -0.2) is 62.9 Å². The van der Waals surface area contributed by atoms with Gasteiger partial charge in [-0.1, -0.05) is 35.3 Å². The van der Waals surface area contributed by atoms with E-state index in [9.17, 15) is 9.59 Å². The predicted octanol–water partition coefficient (Wildman–Crippen LogP) is 5.04. The van der Waals surface area contributed by atoms with Crippen molar-refractivity contribution in [2.45, 2.75) is 13.5 Å². The fraction of sp³-hybridized carbons (Fsp3) is 0.276. The van der Waals surface area contributed by atoms with E-state index in [0.717, 1.165) is 35.5 Å². The quantitative estimate of drug-likeness (QED) is 0.468. The zero-order valence-electron chi connectivity index (χ0n) is 21.9. The second-order valence-electron chi connectivity index (χ2n) is 9.31. The van der Waals surface area contributed by atoms with Gasteiger partial charge in [0, 0.05) is 61.5 Å². The summed E-state index contributed by atoms with van der Waals surface area (Å²) in [5, 5.41) is 3.73. The Morgan fingerprint density at radius 3 is 2.13 bits per heavy atom. The predicted molar refractivity (Wildman–Crippen MR) is 154 cm³/mol. The van der Waals surface area contributed by atoms with Crippen molar-refractivity contribution in [2.75, 3.05) is 45.3 Å². The van der Waals surface area contributed by atoms with Gasteiger partial charge in [0.25, 0.3) is 5.91 Å². The summed E-state index contributed by atoms with van der Waals surface area (Å²) in [6.45, 7) is 4.93. The highest BCUT2D eigenvalue weighted by Gasteiger charge is 2.24. The first-order valence-electron chi connectivity index (χ1n) is 12.5. The maximum Gasteiger partial charge on any atom is 0.256 e. The molecular weight excluding hydrogens is 539 g/mol. The maximum absolute atomic E-state index is 13.0. The molecule has 10 heteroatoms. The number of halogens is 2. The van der Waals surface area contributed by atoms with Crippen molar-refractivity contribution < 1.29 is 19.1 Å². The lowest BCUT2D eigenvalue weighted by molar-refractivity contribution is -0.129. The number of methoxy groups -OCH3 is 2. The van der Waals surface area contributed by atoms with Crippen LogP contribution in [0.2, 0.25) is 10.0 Å². The van der Waals surface area contributed by atoms with Crippen molar-refractivity contribution in [3.05, 3.63) is 75.3 Å². The normalized spacial score (nSPS) is 14.5. The average Bonchev–Trinajstić information content (AvgIpc) is 3.35. The lowest BCUT2D eigenvalue weighted by Gasteiger charge is -2.35. The molecule has 1 saturated heterocycles. The molecule has 3 aromatic rings. The Morgan fingerprint density at radius 1 is 0.897 bits per heavy atom. The first kappa shape index (κ1) is 26.8. The summed E-state index contributed by atoms with van der Waals surface area (Å²) in [4.78, 5) is 33.2. The van der Waals surface area contributed by atoms with Crippen molar-refractivity contribution in [2.24, 2.45) is 4.99 Å². The molecule has 2 heterocycles. The number of hydrogen-bond acceptors (Lipinski definition) is 6. The summed E-state index contributed by atoms with van der Waals surface area (Å²) in [5.74, 6) is 1.31. The van der Waals surface area contributed by atoms with E-state index in [1.807, 2.05) is 47.4 Å². The van der Waals surface area contributed by atoms with Gasteiger partial charge < -0.3 is 24.6 Å². The number of amides is 2. The number of nitrogens with one attached hydrogen (secondary N) is 1. The minimum Gasteiger partial charge on any atom is -0.495 e. The summed E-state index contributed by atoms with van der Waals surface area (Å²) >= 11 is 13.2. The average molecular weight is 567 g/mol. The van der Waals surface area contributed by atoms with E-state index >= 15 is 0 Å². The van der Waals surface area contributed by atoms with Crippen molar-refractivity contribution in [1.29, 1.82) is 0 Å². The van der Waals surface area contributed by atoms with Crippen LogP contribution in [-0.2, 0) is 11.3 Å². The molecule has 3 aromatic carbocycles. The number of carbonyl (C=O) groups is 2. The van der Waals surface area contributed by atoms with E-state index in [2.05, 4.69) is 15.2 Å². The first-order chi connectivity index (χ1) is 18.8. The minimum atomic E-state index is -0.234. The van der Waals surface area contributed by atoms with Crippen molar-refractivity contribution >= 4 is 46.5 Å². The number of hydrogen-bond donors (Lipinski definition) is 1. The Bertz CT molecular complexity index is 1440. The molecule has 0 spiro atoms. The summed E-state index contributed by atoms with van der Waals surface area (Å²) in [5.41, 5.74) is 4.75. The highest BCUT2D eigenvalue weighted by atomic mass is 35.5. The third-order valence-corrected chi connectivity index (χ3v) is 7.83. The van der Waals surface area contributed by atoms with Crippen LogP contribution in [0.3, 0.4) is 0 Å². The molecule has 1 N–H and O–H groups in total. The van der Waals surface area contributed by atoms with Gasteiger partial charge in [0.15, 0.2) is 0 Å². The van der Waals surface area contributed by atoms with Crippen LogP contribution >= 0.6 is 23.2 Å². The number of piperazine rings is 1. The standard InChI is InChI=1S/C29H28Cl2N4O4/c1-17(36)34-10-12-35(13-11-34)21-7-4-18(5-8-21)29(37)33-28-22-9-6-19(14-20(22)16-32-28)25-26(30)23(38-2)15-24(39-3)27(25)31/h4-9,14-15H,10-13,16H2,1-3H3,(H,32,33,37). The Hall–Kier alpha value is -3.75. The van der Waals surface area contributed by atoms with E-state index in [-0.39, 0.29) is 11.8 Å². The number of nitrogens with zero attached hydrogens (tertiary/aromatic N) is 3. The van der Waals surface area contributed by atoms with Crippen molar-refractivity contribution in [3.8, 4) is 22.6 Å². The number of amidine groups is 1. The number of rotatable bonds is 5. The molecule has 0 aliphatic carbocycles. The molecule has 0 radical (unpaired) electrons. The van der Waals surface area contributed by atoms with Crippen LogP contribution in [0.1, 0.15) is 28.4 Å². The van der Waals surface area contributed by atoms with E-state index in [4.69, 9.17) is 32.7 Å². The van der Waals surface area contributed by atoms with Crippen molar-refractivity contribution in [3.63, 3.8) is 0 Å². The monoisotopic (exact) mass is 566 g/mol. The molecule has 2 aliphatic rings. The summed E-state index contributed by atoms with van der Waals surface area (Å²) < 4.78 is 10.8. The molecule has 0 bridgehead atoms. The van der Waals surface area contributed by atoms with E-state index in [1.165, 1.54) is 14.2 Å². The number of carbonyl (C=O) groups excluding carboxylic acids is 2. The molecule has 0 saturated carbocycles. The third-order valence-electron chi connectivity index (χ3n) is 7.08. The fourth-order valence-electron chi connectivity index (χ4n) is 4.89. The SMILES string of the molecule is COc1cc(OC)c(Cl)c(-c2ccc3c(c2)CN=C3NC(=O)c2ccc(N3CCN(C(C)=O)CC3)cc2)c1Cl. The van der Waals surface area contributed by atoms with Crippen LogP contribution in [0.25, 0.3) is 11.1 Å². The number of ether oxygens (including phenoxy) is 2. The number of anilines is 1. The molecule has 8 nitrogen and oxygen atoms in total. The van der Waals surface area contributed by atoms with Crippen LogP contribution in [0.4, 0.5) is 5.69 Å². The van der Waals surface area contributed by atoms with Gasteiger partial charge in [-0.3, -0.25) is 14.6 Å². The third kappa shape index (κ3) is 5.27. The largest absolute Gasteiger partial charge is 0.495 e. The molecule has 1 fully saturated rings. The first-order valence-corrected chi connectivity index (χ1v) is 13.3. The van der Waals surface area contributed by atoms with Gasteiger partial charge in [-0.25, -0.2) is 0 Å². The van der Waals surface area contributed by atoms with E-state index < -0.39 is 0 Å². The molecule has 5 rings (SSSR count). The molecule has 0 atom stereocenters. The zero-order chi connectivity index (χ0) is 27.7. The van der Waals surface area contributed by atoms with Gasteiger partial charge >= 0.3 is 0 Å². The van der Waals surface area contributed by atoms with Crippen LogP contribution in [0.5, 0.6) is 11.5 Å². The summed E-state index contributed by atoms with van der Waals surface area (Å²) in [6, 6.07) is 14.9. The van der Waals surface area contributed by atoms with Gasteiger partial charge in [-0.2, -0.15) is 0 Å². The van der Waals surface area contributed by atoms with Gasteiger partial charge in [-0.15, -0.1) is 0 Å². The smallest absolute Gasteiger partial charge is 0.256 e. The second-order valence-corrected chi connectivity index (χ2v) is 10.1. The van der Waals surface area contributed by atoms with Crippen LogP contribution < -0.4 is 19.7 Å². The number of benzene rings is 3. The Morgan fingerprint density at radius 2 is 1.54 bits per heavy atom. The Labute approximate surface area is 237 Å². The Kier molecular flexibility index (Phi) is 7.68. The molecule has 0 unspecified atom stereocenters. The topological polar surface area (TPSA) is 83.5 Å². The number of fused-ring (bicyclic) bond motifs is 1. The molecule has 0 aromatic heterocycles. The highest BCUT2D eigenvalue weighted by Crippen LogP contribution is 2.46. The van der Waals surface area contributed by atoms with E-state index in [1.54, 1.807) is 13.0 Å². The fourth-order valence-corrected chi connectivity index (χ4v) is 5.61. The van der Waals surface area contributed by atoms with E-state index in [0.29, 0.717) is 58.1 Å². The zero-order valence-corrected chi connectivity index (χ0v) is 23.4. The van der Waals surface area contributed by atoms with Crippen LogP contribution in [0.15, 0.2) is 53.5 Å². The second kappa shape index (κ2) is 11.2. The maximum atomic E-state index is 13.0. The van der Waals surface area contributed by atoms with Crippen LogP contribution in [0, 0.1) is 0 Å². The molecular formula is C29H28Cl2N4O4. The van der Waals surface area contributed by atoms with Crippen molar-refractivity contribution in [1.82, 2.24) is 10.2 Å². The Balaban J connectivity index is 1.29. The number of aliphatic imine (C=N–C) groups is 1. The van der Waals surface area contributed by atoms with Gasteiger partial charge in [0.2, 0.25) is 5.91 Å².